The summed E-state index contributed by atoms with van der Waals surface area (Å²) >= 11 is 0. The fourth-order valence-electron chi connectivity index (χ4n) is 4.03. The summed E-state index contributed by atoms with van der Waals surface area (Å²) < 4.78 is 25.5. The molecule has 0 unspecified atom stereocenters. The molecule has 3 aliphatic rings. The summed E-state index contributed by atoms with van der Waals surface area (Å²) in [5.41, 5.74) is 3.10. The molecule has 150 valence electrons. The number of amides is 1. The highest BCUT2D eigenvalue weighted by molar-refractivity contribution is 6.06. The van der Waals surface area contributed by atoms with Gasteiger partial charge in [0, 0.05) is 24.2 Å². The minimum Gasteiger partial charge on any atom is -0.493 e. The first kappa shape index (κ1) is 18.2. The smallest absolute Gasteiger partial charge is 0.253 e. The molecular weight excluding hydrogens is 369 g/mol. The van der Waals surface area contributed by atoms with Crippen LogP contribution in [0.3, 0.4) is 0 Å². The lowest BCUT2D eigenvalue weighted by Crippen LogP contribution is -2.33. The van der Waals surface area contributed by atoms with Crippen LogP contribution in [0.2, 0.25) is 0 Å². The monoisotopic (exact) mass is 393 g/mol. The molecule has 2 heterocycles. The van der Waals surface area contributed by atoms with E-state index in [1.807, 2.05) is 23.1 Å². The van der Waals surface area contributed by atoms with Gasteiger partial charge in [0.1, 0.15) is 23.9 Å². The second-order valence-corrected chi connectivity index (χ2v) is 8.06. The first-order valence-corrected chi connectivity index (χ1v) is 10.4. The third-order valence-corrected chi connectivity index (χ3v) is 5.86. The van der Waals surface area contributed by atoms with Crippen LogP contribution in [-0.2, 0) is 4.79 Å². The van der Waals surface area contributed by atoms with Gasteiger partial charge in [-0.15, -0.1) is 0 Å². The second kappa shape index (κ2) is 7.54. The van der Waals surface area contributed by atoms with Crippen LogP contribution < -0.4 is 9.47 Å². The molecular formula is C24H24FNO3. The summed E-state index contributed by atoms with van der Waals surface area (Å²) in [7, 11) is 0. The van der Waals surface area contributed by atoms with Gasteiger partial charge in [-0.05, 0) is 67.5 Å². The zero-order valence-electron chi connectivity index (χ0n) is 16.3. The van der Waals surface area contributed by atoms with Crippen LogP contribution in [-0.4, -0.2) is 37.1 Å². The van der Waals surface area contributed by atoms with Crippen molar-refractivity contribution in [2.24, 2.45) is 5.92 Å². The lowest BCUT2D eigenvalue weighted by atomic mass is 9.90. The standard InChI is InChI=1S/C24H24FNO3/c25-18-7-5-17(6-8-18)23-20-13-19(28-14-16-3-4-16)9-10-22(20)29-15-21(23)24(27)26-11-1-2-12-26/h5-10,13,16H,1-4,11-12,14-15H2. The van der Waals surface area contributed by atoms with Gasteiger partial charge in [0.15, 0.2) is 0 Å². The molecule has 5 rings (SSSR count). The van der Waals surface area contributed by atoms with E-state index in [2.05, 4.69) is 0 Å². The molecule has 0 aromatic heterocycles. The summed E-state index contributed by atoms with van der Waals surface area (Å²) in [6.45, 7) is 2.49. The van der Waals surface area contributed by atoms with E-state index >= 15 is 0 Å². The maximum absolute atomic E-state index is 13.6. The van der Waals surface area contributed by atoms with Crippen molar-refractivity contribution in [1.82, 2.24) is 4.90 Å². The summed E-state index contributed by atoms with van der Waals surface area (Å²) in [4.78, 5) is 15.1. The molecule has 1 amide bonds. The molecule has 0 N–H and O–H groups in total. The summed E-state index contributed by atoms with van der Waals surface area (Å²) in [5, 5.41) is 0. The molecule has 1 saturated heterocycles. The van der Waals surface area contributed by atoms with Gasteiger partial charge in [-0.3, -0.25) is 4.79 Å². The van der Waals surface area contributed by atoms with Crippen molar-refractivity contribution in [2.45, 2.75) is 25.7 Å². The normalized spacial score (nSPS) is 18.4. The molecule has 2 fully saturated rings. The first-order chi connectivity index (χ1) is 14.2. The van der Waals surface area contributed by atoms with Crippen molar-refractivity contribution in [3.05, 3.63) is 65.0 Å². The summed E-state index contributed by atoms with van der Waals surface area (Å²) in [6, 6.07) is 12.1. The number of likely N-dealkylation sites (tertiary alicyclic amines) is 1. The fourth-order valence-corrected chi connectivity index (χ4v) is 4.03. The van der Waals surface area contributed by atoms with E-state index in [9.17, 15) is 9.18 Å². The number of fused-ring (bicyclic) bond motifs is 1. The number of carbonyl (C=O) groups is 1. The van der Waals surface area contributed by atoms with Crippen LogP contribution in [0.25, 0.3) is 5.57 Å². The molecule has 4 nitrogen and oxygen atoms in total. The quantitative estimate of drug-likeness (QED) is 0.754. The number of rotatable bonds is 5. The number of hydrogen-bond donors (Lipinski definition) is 0. The van der Waals surface area contributed by atoms with Crippen LogP contribution in [0.5, 0.6) is 11.5 Å². The average molecular weight is 393 g/mol. The third-order valence-electron chi connectivity index (χ3n) is 5.86. The molecule has 0 bridgehead atoms. The Morgan fingerprint density at radius 3 is 2.59 bits per heavy atom. The van der Waals surface area contributed by atoms with Crippen LogP contribution in [0, 0.1) is 11.7 Å². The van der Waals surface area contributed by atoms with E-state index in [1.54, 1.807) is 12.1 Å². The van der Waals surface area contributed by atoms with Gasteiger partial charge in [-0.1, -0.05) is 12.1 Å². The molecule has 2 aromatic rings. The number of halogens is 1. The maximum Gasteiger partial charge on any atom is 0.253 e. The van der Waals surface area contributed by atoms with Crippen molar-refractivity contribution in [3.8, 4) is 11.5 Å². The Kier molecular flexibility index (Phi) is 4.74. The van der Waals surface area contributed by atoms with Crippen LogP contribution >= 0.6 is 0 Å². The first-order valence-electron chi connectivity index (χ1n) is 10.4. The number of carbonyl (C=O) groups excluding carboxylic acids is 1. The molecule has 5 heteroatoms. The summed E-state index contributed by atoms with van der Waals surface area (Å²) in [5.74, 6) is 1.86. The Labute approximate surface area is 169 Å². The second-order valence-electron chi connectivity index (χ2n) is 8.06. The van der Waals surface area contributed by atoms with Gasteiger partial charge in [-0.2, -0.15) is 0 Å². The SMILES string of the molecule is O=C(C1=C(c2ccc(F)cc2)c2cc(OCC3CC3)ccc2OC1)N1CCCC1. The fraction of sp³-hybridized carbons (Fsp3) is 0.375. The zero-order valence-corrected chi connectivity index (χ0v) is 16.3. The highest BCUT2D eigenvalue weighted by atomic mass is 19.1. The Morgan fingerprint density at radius 2 is 1.86 bits per heavy atom. The van der Waals surface area contributed by atoms with Gasteiger partial charge in [0.05, 0.1) is 12.2 Å². The topological polar surface area (TPSA) is 38.8 Å². The molecule has 1 saturated carbocycles. The highest BCUT2D eigenvalue weighted by Gasteiger charge is 2.30. The van der Waals surface area contributed by atoms with E-state index in [1.165, 1.54) is 25.0 Å². The Morgan fingerprint density at radius 1 is 1.10 bits per heavy atom. The largest absolute Gasteiger partial charge is 0.493 e. The van der Waals surface area contributed by atoms with Crippen molar-refractivity contribution in [2.75, 3.05) is 26.3 Å². The van der Waals surface area contributed by atoms with Gasteiger partial charge < -0.3 is 14.4 Å². The Hall–Kier alpha value is -2.82. The van der Waals surface area contributed by atoms with Crippen molar-refractivity contribution < 1.29 is 18.7 Å². The molecule has 29 heavy (non-hydrogen) atoms. The minimum atomic E-state index is -0.296. The lowest BCUT2D eigenvalue weighted by molar-refractivity contribution is -0.126. The van der Waals surface area contributed by atoms with Crippen LogP contribution in [0.1, 0.15) is 36.8 Å². The predicted molar refractivity (Wildman–Crippen MR) is 108 cm³/mol. The highest BCUT2D eigenvalue weighted by Crippen LogP contribution is 2.40. The van der Waals surface area contributed by atoms with E-state index in [-0.39, 0.29) is 18.3 Å². The van der Waals surface area contributed by atoms with E-state index in [0.29, 0.717) is 11.5 Å². The van der Waals surface area contributed by atoms with Crippen LogP contribution in [0.4, 0.5) is 4.39 Å². The zero-order chi connectivity index (χ0) is 19.8. The van der Waals surface area contributed by atoms with Gasteiger partial charge in [0.2, 0.25) is 0 Å². The van der Waals surface area contributed by atoms with Gasteiger partial charge >= 0.3 is 0 Å². The van der Waals surface area contributed by atoms with Crippen molar-refractivity contribution >= 4 is 11.5 Å². The van der Waals surface area contributed by atoms with Crippen molar-refractivity contribution in [3.63, 3.8) is 0 Å². The molecule has 1 aliphatic carbocycles. The molecule has 2 aromatic carbocycles. The Bertz CT molecular complexity index is 957. The molecule has 0 atom stereocenters. The van der Waals surface area contributed by atoms with E-state index < -0.39 is 0 Å². The maximum atomic E-state index is 13.6. The number of hydrogen-bond acceptors (Lipinski definition) is 3. The lowest BCUT2D eigenvalue weighted by Gasteiger charge is -2.27. The molecule has 0 spiro atoms. The minimum absolute atomic E-state index is 0.0109. The molecule has 0 radical (unpaired) electrons. The predicted octanol–water partition coefficient (Wildman–Crippen LogP) is 4.43. The van der Waals surface area contributed by atoms with Gasteiger partial charge in [-0.25, -0.2) is 4.39 Å². The van der Waals surface area contributed by atoms with Gasteiger partial charge in [0.25, 0.3) is 5.91 Å². The molecule has 2 aliphatic heterocycles. The van der Waals surface area contributed by atoms with E-state index in [4.69, 9.17) is 9.47 Å². The Balaban J connectivity index is 1.58. The van der Waals surface area contributed by atoms with E-state index in [0.717, 1.165) is 60.7 Å². The van der Waals surface area contributed by atoms with Crippen LogP contribution in [0.15, 0.2) is 48.0 Å². The number of benzene rings is 2. The number of ether oxygens (including phenoxy) is 2. The summed E-state index contributed by atoms with van der Waals surface area (Å²) in [6.07, 6.45) is 4.51. The number of nitrogens with zero attached hydrogens (tertiary/aromatic N) is 1. The van der Waals surface area contributed by atoms with Crippen molar-refractivity contribution in [1.29, 1.82) is 0 Å². The third kappa shape index (κ3) is 3.74. The average Bonchev–Trinajstić information content (AvgIpc) is 3.42.